The van der Waals surface area contributed by atoms with Crippen molar-refractivity contribution < 1.29 is 9.47 Å². The number of hydrogen-bond acceptors (Lipinski definition) is 3. The molecule has 18 heavy (non-hydrogen) atoms. The lowest BCUT2D eigenvalue weighted by atomic mass is 10.2. The van der Waals surface area contributed by atoms with Crippen LogP contribution in [0.3, 0.4) is 0 Å². The van der Waals surface area contributed by atoms with Crippen molar-refractivity contribution in [3.8, 4) is 5.75 Å². The van der Waals surface area contributed by atoms with Crippen LogP contribution < -0.4 is 4.74 Å². The first kappa shape index (κ1) is 11.7. The zero-order chi connectivity index (χ0) is 12.5. The number of hydrogen-bond donors (Lipinski definition) is 1. The Labute approximate surface area is 111 Å². The van der Waals surface area contributed by atoms with Gasteiger partial charge in [-0.3, -0.25) is 0 Å². The maximum Gasteiger partial charge on any atom is 0.178 e. The second kappa shape index (κ2) is 4.74. The number of methoxy groups -OCH3 is 1. The summed E-state index contributed by atoms with van der Waals surface area (Å²) >= 11 is 5.38. The average molecular weight is 264 g/mol. The highest BCUT2D eigenvalue weighted by atomic mass is 32.1. The van der Waals surface area contributed by atoms with Gasteiger partial charge >= 0.3 is 0 Å². The third-order valence-corrected chi connectivity index (χ3v) is 3.71. The van der Waals surface area contributed by atoms with Gasteiger partial charge in [-0.15, -0.1) is 0 Å². The molecular formula is C13H16N2O2S. The van der Waals surface area contributed by atoms with Crippen molar-refractivity contribution in [2.24, 2.45) is 0 Å². The number of rotatable bonds is 3. The molecule has 0 amide bonds. The normalized spacial score (nSPS) is 19.5. The summed E-state index contributed by atoms with van der Waals surface area (Å²) in [6, 6.07) is 5.96. The van der Waals surface area contributed by atoms with Gasteiger partial charge in [0.05, 0.1) is 30.8 Å². The number of benzene rings is 1. The molecule has 4 nitrogen and oxygen atoms in total. The fraction of sp³-hybridized carbons (Fsp3) is 0.462. The van der Waals surface area contributed by atoms with Crippen LogP contribution in [0, 0.1) is 4.77 Å². The minimum Gasteiger partial charge on any atom is -0.497 e. The molecule has 1 N–H and O–H groups in total. The Balaban J connectivity index is 2.00. The average Bonchev–Trinajstić information content (AvgIpc) is 2.98. The van der Waals surface area contributed by atoms with E-state index in [1.165, 1.54) is 0 Å². The predicted molar refractivity (Wildman–Crippen MR) is 72.6 cm³/mol. The Morgan fingerprint density at radius 2 is 2.44 bits per heavy atom. The molecule has 1 saturated heterocycles. The summed E-state index contributed by atoms with van der Waals surface area (Å²) < 4.78 is 13.7. The summed E-state index contributed by atoms with van der Waals surface area (Å²) in [7, 11) is 1.67. The molecule has 1 unspecified atom stereocenters. The van der Waals surface area contributed by atoms with Crippen molar-refractivity contribution in [1.29, 1.82) is 0 Å². The van der Waals surface area contributed by atoms with Gasteiger partial charge in [-0.1, -0.05) is 0 Å². The van der Waals surface area contributed by atoms with Crippen LogP contribution in [0.2, 0.25) is 0 Å². The minimum absolute atomic E-state index is 0.290. The molecule has 5 heteroatoms. The van der Waals surface area contributed by atoms with Crippen LogP contribution in [0.5, 0.6) is 5.75 Å². The summed E-state index contributed by atoms with van der Waals surface area (Å²) in [6.45, 7) is 1.69. The predicted octanol–water partition coefficient (Wildman–Crippen LogP) is 2.89. The van der Waals surface area contributed by atoms with Crippen LogP contribution in [0.15, 0.2) is 18.2 Å². The highest BCUT2D eigenvalue weighted by Crippen LogP contribution is 2.22. The number of aromatic amines is 1. The van der Waals surface area contributed by atoms with Crippen LogP contribution in [0.4, 0.5) is 0 Å². The van der Waals surface area contributed by atoms with E-state index in [1.807, 2.05) is 18.2 Å². The van der Waals surface area contributed by atoms with Gasteiger partial charge in [0.1, 0.15) is 5.75 Å². The molecule has 1 atom stereocenters. The van der Waals surface area contributed by atoms with E-state index >= 15 is 0 Å². The van der Waals surface area contributed by atoms with Gasteiger partial charge in [0, 0.05) is 12.7 Å². The van der Waals surface area contributed by atoms with Crippen molar-refractivity contribution in [1.82, 2.24) is 9.55 Å². The standard InChI is InChI=1S/C13H16N2O2S/c1-16-9-4-5-12-11(7-9)14-13(18)15(12)8-10-3-2-6-17-10/h4-5,7,10H,2-3,6,8H2,1H3,(H,14,18). The monoisotopic (exact) mass is 264 g/mol. The molecule has 2 aromatic rings. The quantitative estimate of drug-likeness (QED) is 0.866. The van der Waals surface area contributed by atoms with E-state index in [4.69, 9.17) is 21.7 Å². The van der Waals surface area contributed by atoms with Crippen LogP contribution in [-0.2, 0) is 11.3 Å². The molecule has 1 aromatic carbocycles. The van der Waals surface area contributed by atoms with Crippen LogP contribution in [-0.4, -0.2) is 29.4 Å². The van der Waals surface area contributed by atoms with Gasteiger partial charge < -0.3 is 19.0 Å². The number of fused-ring (bicyclic) bond motifs is 1. The van der Waals surface area contributed by atoms with Crippen molar-refractivity contribution in [3.63, 3.8) is 0 Å². The van der Waals surface area contributed by atoms with Crippen LogP contribution in [0.1, 0.15) is 12.8 Å². The molecular weight excluding hydrogens is 248 g/mol. The van der Waals surface area contributed by atoms with Gasteiger partial charge in [-0.05, 0) is 37.2 Å². The largest absolute Gasteiger partial charge is 0.497 e. The van der Waals surface area contributed by atoms with Crippen LogP contribution >= 0.6 is 12.2 Å². The first-order chi connectivity index (χ1) is 8.78. The number of imidazole rings is 1. The summed E-state index contributed by atoms with van der Waals surface area (Å²) in [5, 5.41) is 0. The van der Waals surface area contributed by atoms with Gasteiger partial charge in [0.2, 0.25) is 0 Å². The Kier molecular flexibility index (Phi) is 3.09. The minimum atomic E-state index is 0.290. The van der Waals surface area contributed by atoms with Crippen molar-refractivity contribution >= 4 is 23.3 Å². The number of H-pyrrole nitrogens is 1. The highest BCUT2D eigenvalue weighted by Gasteiger charge is 2.17. The van der Waals surface area contributed by atoms with Crippen LogP contribution in [0.25, 0.3) is 11.0 Å². The van der Waals surface area contributed by atoms with Gasteiger partial charge in [0.25, 0.3) is 0 Å². The maximum absolute atomic E-state index is 5.67. The van der Waals surface area contributed by atoms with Crippen molar-refractivity contribution in [2.45, 2.75) is 25.5 Å². The first-order valence-electron chi connectivity index (χ1n) is 6.16. The summed E-state index contributed by atoms with van der Waals surface area (Å²) in [5.41, 5.74) is 2.12. The molecule has 1 aliphatic rings. The summed E-state index contributed by atoms with van der Waals surface area (Å²) in [5.74, 6) is 0.836. The van der Waals surface area contributed by atoms with E-state index in [1.54, 1.807) is 7.11 Å². The van der Waals surface area contributed by atoms with Gasteiger partial charge in [-0.2, -0.15) is 0 Å². The molecule has 0 bridgehead atoms. The third kappa shape index (κ3) is 2.04. The Hall–Kier alpha value is -1.33. The lowest BCUT2D eigenvalue weighted by molar-refractivity contribution is 0.0976. The number of aromatic nitrogens is 2. The van der Waals surface area contributed by atoms with Crippen molar-refractivity contribution in [3.05, 3.63) is 23.0 Å². The summed E-state index contributed by atoms with van der Waals surface area (Å²) in [6.07, 6.45) is 2.55. The Bertz CT molecular complexity index is 611. The molecule has 1 fully saturated rings. The molecule has 1 aliphatic heterocycles. The zero-order valence-corrected chi connectivity index (χ0v) is 11.1. The van der Waals surface area contributed by atoms with Crippen molar-refractivity contribution in [2.75, 3.05) is 13.7 Å². The van der Waals surface area contributed by atoms with E-state index in [0.717, 1.165) is 47.5 Å². The van der Waals surface area contributed by atoms with Gasteiger partial charge in [-0.25, -0.2) is 0 Å². The fourth-order valence-electron chi connectivity index (χ4n) is 2.44. The molecule has 3 rings (SSSR count). The summed E-state index contributed by atoms with van der Waals surface area (Å²) in [4.78, 5) is 3.22. The Morgan fingerprint density at radius 1 is 1.56 bits per heavy atom. The molecule has 96 valence electrons. The number of nitrogens with zero attached hydrogens (tertiary/aromatic N) is 1. The van der Waals surface area contributed by atoms with E-state index in [-0.39, 0.29) is 6.10 Å². The molecule has 2 heterocycles. The van der Waals surface area contributed by atoms with Gasteiger partial charge in [0.15, 0.2) is 4.77 Å². The molecule has 0 spiro atoms. The first-order valence-corrected chi connectivity index (χ1v) is 6.57. The second-order valence-electron chi connectivity index (χ2n) is 4.56. The molecule has 0 aliphatic carbocycles. The zero-order valence-electron chi connectivity index (χ0n) is 10.3. The Morgan fingerprint density at radius 3 is 3.17 bits per heavy atom. The number of nitrogens with one attached hydrogen (secondary N) is 1. The van der Waals surface area contributed by atoms with E-state index < -0.39 is 0 Å². The highest BCUT2D eigenvalue weighted by molar-refractivity contribution is 7.71. The fourth-order valence-corrected chi connectivity index (χ4v) is 2.73. The maximum atomic E-state index is 5.67. The smallest absolute Gasteiger partial charge is 0.178 e. The molecule has 0 radical (unpaired) electrons. The van der Waals surface area contributed by atoms with E-state index in [9.17, 15) is 0 Å². The SMILES string of the molecule is COc1ccc2c(c1)[nH]c(=S)n2CC1CCCO1. The molecule has 1 aromatic heterocycles. The van der Waals surface area contributed by atoms with E-state index in [2.05, 4.69) is 9.55 Å². The molecule has 0 saturated carbocycles. The second-order valence-corrected chi connectivity index (χ2v) is 4.95. The lowest BCUT2D eigenvalue weighted by Crippen LogP contribution is -2.14. The third-order valence-electron chi connectivity index (χ3n) is 3.39. The topological polar surface area (TPSA) is 39.2 Å². The lowest BCUT2D eigenvalue weighted by Gasteiger charge is -2.11. The number of ether oxygens (including phenoxy) is 2. The van der Waals surface area contributed by atoms with E-state index in [0.29, 0.717) is 0 Å².